The molecule has 0 aliphatic heterocycles. The number of carbonyl (C=O) groups excluding carboxylic acids is 2. The Balaban J connectivity index is 1.69. The van der Waals surface area contributed by atoms with Crippen molar-refractivity contribution >= 4 is 40.0 Å². The predicted molar refractivity (Wildman–Crippen MR) is 119 cm³/mol. The molecule has 0 fully saturated rings. The number of aromatic nitrogens is 2. The number of rotatable bonds is 6. The molecule has 0 bridgehead atoms. The number of nitrogens with one attached hydrogen (secondary N) is 1. The second kappa shape index (κ2) is 8.51. The van der Waals surface area contributed by atoms with E-state index in [0.717, 1.165) is 23.2 Å². The van der Waals surface area contributed by atoms with Crippen LogP contribution in [0.4, 0.5) is 5.69 Å². The zero-order chi connectivity index (χ0) is 21.1. The summed E-state index contributed by atoms with van der Waals surface area (Å²) in [7, 11) is 0. The van der Waals surface area contributed by atoms with Gasteiger partial charge in [0.05, 0.1) is 11.0 Å². The van der Waals surface area contributed by atoms with Crippen LogP contribution in [0.15, 0.2) is 72.8 Å². The molecule has 0 aliphatic carbocycles. The van der Waals surface area contributed by atoms with Gasteiger partial charge in [0.2, 0.25) is 11.7 Å². The van der Waals surface area contributed by atoms with E-state index in [-0.39, 0.29) is 24.1 Å². The number of hydrogen-bond donors (Lipinski definition) is 1. The quantitative estimate of drug-likeness (QED) is 0.443. The van der Waals surface area contributed by atoms with Gasteiger partial charge in [0, 0.05) is 16.3 Å². The number of carbonyl (C=O) groups is 2. The van der Waals surface area contributed by atoms with E-state index in [1.165, 1.54) is 0 Å². The number of aryl methyl sites for hydroxylation is 1. The van der Waals surface area contributed by atoms with Gasteiger partial charge in [0.25, 0.3) is 0 Å². The first-order valence-electron chi connectivity index (χ1n) is 9.70. The molecule has 1 aromatic heterocycles. The molecule has 0 aliphatic rings. The summed E-state index contributed by atoms with van der Waals surface area (Å²) in [5.74, 6) is -0.258. The third kappa shape index (κ3) is 3.98. The third-order valence-corrected chi connectivity index (χ3v) is 5.19. The van der Waals surface area contributed by atoms with Crippen molar-refractivity contribution in [2.45, 2.75) is 19.9 Å². The molecule has 150 valence electrons. The molecule has 1 heterocycles. The molecule has 0 unspecified atom stereocenters. The Morgan fingerprint density at radius 1 is 0.967 bits per heavy atom. The minimum Gasteiger partial charge on any atom is -0.324 e. The number of benzene rings is 3. The summed E-state index contributed by atoms with van der Waals surface area (Å²) in [5.41, 5.74) is 3.69. The van der Waals surface area contributed by atoms with Gasteiger partial charge in [0.1, 0.15) is 6.54 Å². The van der Waals surface area contributed by atoms with Crippen LogP contribution in [0.5, 0.6) is 0 Å². The van der Waals surface area contributed by atoms with E-state index >= 15 is 0 Å². The highest BCUT2D eigenvalue weighted by molar-refractivity contribution is 6.30. The maximum Gasteiger partial charge on any atom is 0.244 e. The van der Waals surface area contributed by atoms with Crippen LogP contribution in [-0.2, 0) is 17.8 Å². The van der Waals surface area contributed by atoms with E-state index in [1.807, 2.05) is 55.5 Å². The van der Waals surface area contributed by atoms with E-state index in [4.69, 9.17) is 11.6 Å². The van der Waals surface area contributed by atoms with Crippen molar-refractivity contribution in [2.24, 2.45) is 0 Å². The Bertz CT molecular complexity index is 1230. The van der Waals surface area contributed by atoms with Crippen LogP contribution in [0.25, 0.3) is 11.0 Å². The molecule has 6 heteroatoms. The van der Waals surface area contributed by atoms with Crippen LogP contribution < -0.4 is 5.32 Å². The molecule has 30 heavy (non-hydrogen) atoms. The van der Waals surface area contributed by atoms with Crippen molar-refractivity contribution in [2.75, 3.05) is 5.32 Å². The van der Waals surface area contributed by atoms with Crippen molar-refractivity contribution in [1.82, 2.24) is 9.55 Å². The molecular weight excluding hydrogens is 398 g/mol. The number of halogens is 1. The van der Waals surface area contributed by atoms with E-state index < -0.39 is 0 Å². The van der Waals surface area contributed by atoms with Crippen molar-refractivity contribution in [3.63, 3.8) is 0 Å². The first kappa shape index (κ1) is 19.9. The highest BCUT2D eigenvalue weighted by Gasteiger charge is 2.21. The summed E-state index contributed by atoms with van der Waals surface area (Å²) in [6, 6.07) is 21.7. The van der Waals surface area contributed by atoms with Gasteiger partial charge in [-0.2, -0.15) is 0 Å². The average Bonchev–Trinajstić information content (AvgIpc) is 3.12. The van der Waals surface area contributed by atoms with E-state index in [1.54, 1.807) is 28.8 Å². The van der Waals surface area contributed by atoms with Crippen LogP contribution in [0.3, 0.4) is 0 Å². The van der Waals surface area contributed by atoms with E-state index in [9.17, 15) is 9.59 Å². The zero-order valence-electron chi connectivity index (χ0n) is 16.4. The SMILES string of the molecule is CCc1ccccc1NC(=O)Cn1c(C(=O)c2ccc(Cl)cc2)nc2ccccc21. The van der Waals surface area contributed by atoms with Gasteiger partial charge in [-0.1, -0.05) is 48.9 Å². The number of para-hydroxylation sites is 3. The summed E-state index contributed by atoms with van der Waals surface area (Å²) in [5, 5.41) is 3.51. The normalized spacial score (nSPS) is 10.9. The number of fused-ring (bicyclic) bond motifs is 1. The van der Waals surface area contributed by atoms with Crippen molar-refractivity contribution in [1.29, 1.82) is 0 Å². The van der Waals surface area contributed by atoms with Crippen molar-refractivity contribution in [3.05, 3.63) is 94.8 Å². The Morgan fingerprint density at radius 3 is 2.43 bits per heavy atom. The molecule has 0 radical (unpaired) electrons. The number of amides is 1. The second-order valence-corrected chi connectivity index (χ2v) is 7.34. The standard InChI is InChI=1S/C24H20ClN3O2/c1-2-16-7-3-4-8-19(16)26-22(29)15-28-21-10-6-5-9-20(21)27-24(28)23(30)17-11-13-18(25)14-12-17/h3-14H,2,15H2,1H3,(H,26,29). The van der Waals surface area contributed by atoms with Gasteiger partial charge in [0.15, 0.2) is 5.82 Å². The predicted octanol–water partition coefficient (Wildman–Crippen LogP) is 5.12. The molecule has 4 rings (SSSR count). The summed E-state index contributed by atoms with van der Waals surface area (Å²) in [6.07, 6.45) is 0.810. The lowest BCUT2D eigenvalue weighted by atomic mass is 10.1. The summed E-state index contributed by atoms with van der Waals surface area (Å²) < 4.78 is 1.66. The lowest BCUT2D eigenvalue weighted by molar-refractivity contribution is -0.116. The minimum atomic E-state index is -0.260. The fourth-order valence-electron chi connectivity index (χ4n) is 3.42. The number of hydrogen-bond acceptors (Lipinski definition) is 3. The highest BCUT2D eigenvalue weighted by Crippen LogP contribution is 2.21. The second-order valence-electron chi connectivity index (χ2n) is 6.91. The minimum absolute atomic E-state index is 0.0206. The largest absolute Gasteiger partial charge is 0.324 e. The molecule has 4 aromatic rings. The van der Waals surface area contributed by atoms with Crippen LogP contribution in [0.2, 0.25) is 5.02 Å². The lowest BCUT2D eigenvalue weighted by Crippen LogP contribution is -2.22. The van der Waals surface area contributed by atoms with Gasteiger partial charge < -0.3 is 9.88 Å². The van der Waals surface area contributed by atoms with Gasteiger partial charge in [-0.15, -0.1) is 0 Å². The Morgan fingerprint density at radius 2 is 1.67 bits per heavy atom. The monoisotopic (exact) mass is 417 g/mol. The topological polar surface area (TPSA) is 64.0 Å². The van der Waals surface area contributed by atoms with E-state index in [0.29, 0.717) is 16.1 Å². The molecule has 3 aromatic carbocycles. The molecule has 5 nitrogen and oxygen atoms in total. The van der Waals surface area contributed by atoms with Gasteiger partial charge in [-0.05, 0) is 54.4 Å². The Kier molecular flexibility index (Phi) is 5.63. The van der Waals surface area contributed by atoms with Gasteiger partial charge >= 0.3 is 0 Å². The van der Waals surface area contributed by atoms with Crippen molar-refractivity contribution < 1.29 is 9.59 Å². The molecular formula is C24H20ClN3O2. The van der Waals surface area contributed by atoms with Gasteiger partial charge in [-0.3, -0.25) is 9.59 Å². The summed E-state index contributed by atoms with van der Waals surface area (Å²) >= 11 is 5.94. The molecule has 1 amide bonds. The highest BCUT2D eigenvalue weighted by atomic mass is 35.5. The smallest absolute Gasteiger partial charge is 0.244 e. The summed E-state index contributed by atoms with van der Waals surface area (Å²) in [6.45, 7) is 2.02. The maximum atomic E-state index is 13.1. The number of ketones is 1. The molecule has 0 atom stereocenters. The van der Waals surface area contributed by atoms with Crippen LogP contribution in [0, 0.1) is 0 Å². The third-order valence-electron chi connectivity index (χ3n) is 4.94. The average molecular weight is 418 g/mol. The van der Waals surface area contributed by atoms with Crippen LogP contribution in [0.1, 0.15) is 28.7 Å². The first-order chi connectivity index (χ1) is 14.6. The Labute approximate surface area is 179 Å². The fourth-order valence-corrected chi connectivity index (χ4v) is 3.55. The number of anilines is 1. The zero-order valence-corrected chi connectivity index (χ0v) is 17.2. The van der Waals surface area contributed by atoms with Crippen molar-refractivity contribution in [3.8, 4) is 0 Å². The lowest BCUT2D eigenvalue weighted by Gasteiger charge is -2.12. The van der Waals surface area contributed by atoms with Gasteiger partial charge in [-0.25, -0.2) is 4.98 Å². The maximum absolute atomic E-state index is 13.1. The number of imidazole rings is 1. The molecule has 0 saturated carbocycles. The fraction of sp³-hybridized carbons (Fsp3) is 0.125. The summed E-state index contributed by atoms with van der Waals surface area (Å²) in [4.78, 5) is 30.5. The Hall–Kier alpha value is -3.44. The van der Waals surface area contributed by atoms with E-state index in [2.05, 4.69) is 10.3 Å². The first-order valence-corrected chi connectivity index (χ1v) is 10.1. The number of nitrogens with zero attached hydrogens (tertiary/aromatic N) is 2. The van der Waals surface area contributed by atoms with Crippen LogP contribution in [-0.4, -0.2) is 21.2 Å². The van der Waals surface area contributed by atoms with Crippen LogP contribution >= 0.6 is 11.6 Å². The molecule has 1 N–H and O–H groups in total. The molecule has 0 spiro atoms. The molecule has 0 saturated heterocycles.